The molecular formula is C19H24N2O5. The first-order valence-corrected chi connectivity index (χ1v) is 8.32. The lowest BCUT2D eigenvalue weighted by Crippen LogP contribution is -2.29. The third-order valence-corrected chi connectivity index (χ3v) is 3.61. The standard InChI is InChI=1S/C19H24N2O5/c1-12-10-16(21-26-12)20-17(22)11-24-18(23)13(2)25-15-8-6-14(7-9-15)19(3,4)5/h6-10,13H,11H2,1-5H3,(H,20,21,22)/t13-/m1/s1. The van der Waals surface area contributed by atoms with Crippen molar-refractivity contribution in [2.75, 3.05) is 11.9 Å². The van der Waals surface area contributed by atoms with E-state index in [1.807, 2.05) is 24.3 Å². The maximum Gasteiger partial charge on any atom is 0.347 e. The van der Waals surface area contributed by atoms with Crippen LogP contribution in [0.15, 0.2) is 34.9 Å². The highest BCUT2D eigenvalue weighted by molar-refractivity contribution is 5.92. The number of hydrogen-bond acceptors (Lipinski definition) is 6. The van der Waals surface area contributed by atoms with Crippen LogP contribution in [0, 0.1) is 6.92 Å². The number of benzene rings is 1. The summed E-state index contributed by atoms with van der Waals surface area (Å²) in [6.07, 6.45) is -0.836. The molecule has 1 aromatic heterocycles. The predicted molar refractivity (Wildman–Crippen MR) is 96.1 cm³/mol. The number of esters is 1. The number of ether oxygens (including phenoxy) is 2. The van der Waals surface area contributed by atoms with Crippen molar-refractivity contribution in [1.82, 2.24) is 5.16 Å². The second-order valence-electron chi connectivity index (χ2n) is 7.01. The molecule has 7 heteroatoms. The third kappa shape index (κ3) is 5.61. The zero-order valence-corrected chi connectivity index (χ0v) is 15.7. The van der Waals surface area contributed by atoms with Gasteiger partial charge < -0.3 is 19.3 Å². The summed E-state index contributed by atoms with van der Waals surface area (Å²) in [5.74, 6) is 0.262. The molecule has 0 aliphatic rings. The van der Waals surface area contributed by atoms with E-state index in [1.54, 1.807) is 19.9 Å². The van der Waals surface area contributed by atoms with Crippen molar-refractivity contribution in [3.8, 4) is 5.75 Å². The zero-order chi connectivity index (χ0) is 19.3. The van der Waals surface area contributed by atoms with Crippen LogP contribution < -0.4 is 10.1 Å². The van der Waals surface area contributed by atoms with E-state index in [4.69, 9.17) is 14.0 Å². The van der Waals surface area contributed by atoms with Crippen LogP contribution in [-0.2, 0) is 19.7 Å². The van der Waals surface area contributed by atoms with Crippen LogP contribution in [-0.4, -0.2) is 29.7 Å². The van der Waals surface area contributed by atoms with E-state index in [0.29, 0.717) is 11.5 Å². The Labute approximate surface area is 152 Å². The van der Waals surface area contributed by atoms with Gasteiger partial charge in [-0.3, -0.25) is 4.79 Å². The molecule has 7 nitrogen and oxygen atoms in total. The summed E-state index contributed by atoms with van der Waals surface area (Å²) in [4.78, 5) is 23.7. The van der Waals surface area contributed by atoms with Gasteiger partial charge in [-0.25, -0.2) is 4.79 Å². The molecule has 2 rings (SSSR count). The monoisotopic (exact) mass is 360 g/mol. The molecule has 0 spiro atoms. The Morgan fingerprint density at radius 1 is 1.23 bits per heavy atom. The highest BCUT2D eigenvalue weighted by atomic mass is 16.6. The van der Waals surface area contributed by atoms with Gasteiger partial charge in [0, 0.05) is 6.07 Å². The summed E-state index contributed by atoms with van der Waals surface area (Å²) >= 11 is 0. The van der Waals surface area contributed by atoms with Crippen molar-refractivity contribution in [1.29, 1.82) is 0 Å². The van der Waals surface area contributed by atoms with Crippen LogP contribution in [0.3, 0.4) is 0 Å². The molecule has 0 aliphatic heterocycles. The van der Waals surface area contributed by atoms with E-state index in [2.05, 4.69) is 31.2 Å². The number of amides is 1. The minimum absolute atomic E-state index is 0.0405. The largest absolute Gasteiger partial charge is 0.479 e. The Kier molecular flexibility index (Phi) is 6.02. The number of aromatic nitrogens is 1. The zero-order valence-electron chi connectivity index (χ0n) is 15.7. The fourth-order valence-corrected chi connectivity index (χ4v) is 2.14. The van der Waals surface area contributed by atoms with Gasteiger partial charge in [0.25, 0.3) is 5.91 Å². The van der Waals surface area contributed by atoms with Crippen molar-refractivity contribution in [2.45, 2.75) is 46.1 Å². The fourth-order valence-electron chi connectivity index (χ4n) is 2.14. The first kappa shape index (κ1) is 19.5. The number of carbonyl (C=O) groups excluding carboxylic acids is 2. The average Bonchev–Trinajstić information content (AvgIpc) is 2.97. The molecule has 1 atom stereocenters. The van der Waals surface area contributed by atoms with Crippen LogP contribution in [0.2, 0.25) is 0 Å². The smallest absolute Gasteiger partial charge is 0.347 e. The Bertz CT molecular complexity index is 759. The van der Waals surface area contributed by atoms with Gasteiger partial charge in [-0.2, -0.15) is 0 Å². The van der Waals surface area contributed by atoms with Gasteiger partial charge >= 0.3 is 5.97 Å². The van der Waals surface area contributed by atoms with Crippen LogP contribution in [0.5, 0.6) is 5.75 Å². The first-order chi connectivity index (χ1) is 12.1. The fraction of sp³-hybridized carbons (Fsp3) is 0.421. The molecule has 0 bridgehead atoms. The Morgan fingerprint density at radius 3 is 2.42 bits per heavy atom. The number of aryl methyl sites for hydroxylation is 1. The van der Waals surface area contributed by atoms with Gasteiger partial charge in [0.15, 0.2) is 18.5 Å². The summed E-state index contributed by atoms with van der Waals surface area (Å²) in [7, 11) is 0. The first-order valence-electron chi connectivity index (χ1n) is 8.32. The number of hydrogen-bond donors (Lipinski definition) is 1. The summed E-state index contributed by atoms with van der Waals surface area (Å²) in [5.41, 5.74) is 1.21. The van der Waals surface area contributed by atoms with E-state index >= 15 is 0 Å². The van der Waals surface area contributed by atoms with Gasteiger partial charge in [0.2, 0.25) is 0 Å². The quantitative estimate of drug-likeness (QED) is 0.796. The lowest BCUT2D eigenvalue weighted by atomic mass is 9.87. The van der Waals surface area contributed by atoms with Gasteiger partial charge in [-0.15, -0.1) is 0 Å². The Morgan fingerprint density at radius 2 is 1.88 bits per heavy atom. The molecule has 1 N–H and O–H groups in total. The Balaban J connectivity index is 1.80. The molecule has 0 unspecified atom stereocenters. The molecule has 2 aromatic rings. The minimum Gasteiger partial charge on any atom is -0.479 e. The van der Waals surface area contributed by atoms with E-state index in [1.165, 1.54) is 5.56 Å². The van der Waals surface area contributed by atoms with Crippen LogP contribution in [0.1, 0.15) is 39.0 Å². The predicted octanol–water partition coefficient (Wildman–Crippen LogP) is 3.23. The molecule has 0 fully saturated rings. The highest BCUT2D eigenvalue weighted by Gasteiger charge is 2.19. The second kappa shape index (κ2) is 8.03. The maximum atomic E-state index is 12.0. The van der Waals surface area contributed by atoms with E-state index in [0.717, 1.165) is 0 Å². The third-order valence-electron chi connectivity index (χ3n) is 3.61. The SMILES string of the molecule is Cc1cc(NC(=O)COC(=O)[C@@H](C)Oc2ccc(C(C)(C)C)cc2)no1. The molecule has 140 valence electrons. The molecule has 0 aliphatic carbocycles. The summed E-state index contributed by atoms with van der Waals surface area (Å²) in [6.45, 7) is 9.20. The van der Waals surface area contributed by atoms with Crippen LogP contribution in [0.4, 0.5) is 5.82 Å². The summed E-state index contributed by atoms with van der Waals surface area (Å²) in [6, 6.07) is 9.10. The maximum absolute atomic E-state index is 12.0. The topological polar surface area (TPSA) is 90.7 Å². The van der Waals surface area contributed by atoms with Crippen molar-refractivity contribution in [3.05, 3.63) is 41.7 Å². The summed E-state index contributed by atoms with van der Waals surface area (Å²) in [5, 5.41) is 6.09. The molecular weight excluding hydrogens is 336 g/mol. The van der Waals surface area contributed by atoms with E-state index in [9.17, 15) is 9.59 Å². The molecule has 0 saturated carbocycles. The van der Waals surface area contributed by atoms with Crippen molar-refractivity contribution >= 4 is 17.7 Å². The lowest BCUT2D eigenvalue weighted by molar-refractivity contribution is -0.153. The van der Waals surface area contributed by atoms with E-state index in [-0.39, 0.29) is 11.2 Å². The number of carbonyl (C=O) groups is 2. The van der Waals surface area contributed by atoms with Gasteiger partial charge in [-0.1, -0.05) is 38.1 Å². The van der Waals surface area contributed by atoms with Crippen molar-refractivity contribution in [2.24, 2.45) is 0 Å². The van der Waals surface area contributed by atoms with Crippen LogP contribution >= 0.6 is 0 Å². The van der Waals surface area contributed by atoms with Crippen molar-refractivity contribution < 1.29 is 23.6 Å². The normalized spacial score (nSPS) is 12.3. The summed E-state index contributed by atoms with van der Waals surface area (Å²) < 4.78 is 15.4. The van der Waals surface area contributed by atoms with Gasteiger partial charge in [0.05, 0.1) is 0 Å². The Hall–Kier alpha value is -2.83. The molecule has 1 amide bonds. The second-order valence-corrected chi connectivity index (χ2v) is 7.01. The molecule has 1 heterocycles. The molecule has 1 aromatic carbocycles. The molecule has 0 radical (unpaired) electrons. The van der Waals surface area contributed by atoms with Gasteiger partial charge in [0.1, 0.15) is 11.5 Å². The number of rotatable bonds is 6. The van der Waals surface area contributed by atoms with Crippen molar-refractivity contribution in [3.63, 3.8) is 0 Å². The highest BCUT2D eigenvalue weighted by Crippen LogP contribution is 2.24. The molecule has 26 heavy (non-hydrogen) atoms. The molecule has 0 saturated heterocycles. The number of anilines is 1. The average molecular weight is 360 g/mol. The number of nitrogens with zero attached hydrogens (tertiary/aromatic N) is 1. The minimum atomic E-state index is -0.836. The van der Waals surface area contributed by atoms with Gasteiger partial charge in [-0.05, 0) is 37.0 Å². The van der Waals surface area contributed by atoms with E-state index < -0.39 is 24.6 Å². The van der Waals surface area contributed by atoms with Crippen LogP contribution in [0.25, 0.3) is 0 Å². The lowest BCUT2D eigenvalue weighted by Gasteiger charge is -2.20. The number of nitrogens with one attached hydrogen (secondary N) is 1.